The number of amides is 2. The molecule has 0 saturated heterocycles. The Balaban J connectivity index is 2.34. The second-order valence-electron chi connectivity index (χ2n) is 8.72. The molecular weight excluding hydrogens is 402 g/mol. The number of nitrogens with zero attached hydrogens (tertiary/aromatic N) is 5. The number of alkyl carbamates (subject to hydrolysis) is 1. The van der Waals surface area contributed by atoms with Crippen LogP contribution in [0, 0.1) is 11.3 Å². The van der Waals surface area contributed by atoms with Gasteiger partial charge in [0.25, 0.3) is 5.95 Å². The molecule has 0 spiro atoms. The maximum Gasteiger partial charge on any atom is 0.414 e. The number of hydrogen-bond donors (Lipinski definition) is 2. The van der Waals surface area contributed by atoms with Gasteiger partial charge in [-0.2, -0.15) is 14.9 Å². The number of pyridine rings is 1. The van der Waals surface area contributed by atoms with Gasteiger partial charge in [0.1, 0.15) is 17.3 Å². The topological polar surface area (TPSA) is 144 Å². The first-order valence-electron chi connectivity index (χ1n) is 9.60. The molecule has 2 aromatic heterocycles. The van der Waals surface area contributed by atoms with Crippen molar-refractivity contribution in [1.82, 2.24) is 25.1 Å². The van der Waals surface area contributed by atoms with E-state index in [-0.39, 0.29) is 11.8 Å². The second-order valence-corrected chi connectivity index (χ2v) is 8.72. The molecule has 31 heavy (non-hydrogen) atoms. The molecule has 2 rings (SSSR count). The van der Waals surface area contributed by atoms with Gasteiger partial charge in [-0.15, -0.1) is 5.10 Å². The predicted molar refractivity (Wildman–Crippen MR) is 112 cm³/mol. The number of anilines is 1. The molecular formula is C20H27N7O4. The van der Waals surface area contributed by atoms with Gasteiger partial charge in [0.2, 0.25) is 0 Å². The zero-order valence-corrected chi connectivity index (χ0v) is 18.7. The minimum Gasteiger partial charge on any atom is -0.444 e. The van der Waals surface area contributed by atoms with E-state index in [9.17, 15) is 9.59 Å². The number of ether oxygens (including phenoxy) is 2. The molecule has 1 atom stereocenters. The summed E-state index contributed by atoms with van der Waals surface area (Å²) in [5.74, 6) is 0.596. The van der Waals surface area contributed by atoms with Crippen molar-refractivity contribution in [3.63, 3.8) is 0 Å². The van der Waals surface area contributed by atoms with Crippen LogP contribution in [-0.2, 0) is 9.47 Å². The normalized spacial score (nSPS) is 12.5. The number of carbonyl (C=O) groups excluding carboxylic acids is 2. The summed E-state index contributed by atoms with van der Waals surface area (Å²) in [6.45, 7) is 12.1. The lowest BCUT2D eigenvalue weighted by Gasteiger charge is -2.21. The van der Waals surface area contributed by atoms with Crippen molar-refractivity contribution in [3.05, 3.63) is 29.7 Å². The molecule has 0 saturated carbocycles. The van der Waals surface area contributed by atoms with Gasteiger partial charge in [0.05, 0.1) is 11.6 Å². The first kappa shape index (κ1) is 23.6. The molecule has 11 heteroatoms. The molecule has 0 fully saturated rings. The highest BCUT2D eigenvalue weighted by Gasteiger charge is 2.25. The van der Waals surface area contributed by atoms with Gasteiger partial charge in [-0.3, -0.25) is 5.32 Å². The van der Waals surface area contributed by atoms with Crippen molar-refractivity contribution in [1.29, 1.82) is 5.26 Å². The Morgan fingerprint density at radius 1 is 1.10 bits per heavy atom. The summed E-state index contributed by atoms with van der Waals surface area (Å²) in [6.07, 6.45) is 0.0222. The van der Waals surface area contributed by atoms with Crippen molar-refractivity contribution in [2.24, 2.45) is 0 Å². The van der Waals surface area contributed by atoms with Crippen LogP contribution in [0.2, 0.25) is 0 Å². The maximum atomic E-state index is 12.2. The van der Waals surface area contributed by atoms with Gasteiger partial charge in [-0.1, -0.05) is 0 Å². The van der Waals surface area contributed by atoms with Crippen LogP contribution in [0.5, 0.6) is 0 Å². The summed E-state index contributed by atoms with van der Waals surface area (Å²) < 4.78 is 11.9. The summed E-state index contributed by atoms with van der Waals surface area (Å²) in [4.78, 5) is 32.8. The van der Waals surface area contributed by atoms with Gasteiger partial charge >= 0.3 is 12.2 Å². The number of nitrogens with one attached hydrogen (secondary N) is 2. The number of nitriles is 1. The Kier molecular flexibility index (Phi) is 6.84. The van der Waals surface area contributed by atoms with Crippen LogP contribution in [0.4, 0.5) is 15.5 Å². The van der Waals surface area contributed by atoms with Crippen LogP contribution in [0.1, 0.15) is 65.9 Å². The quantitative estimate of drug-likeness (QED) is 0.752. The second kappa shape index (κ2) is 8.99. The third-order valence-electron chi connectivity index (χ3n) is 3.46. The highest BCUT2D eigenvalue weighted by Crippen LogP contribution is 2.19. The fourth-order valence-corrected chi connectivity index (χ4v) is 2.35. The Morgan fingerprint density at radius 2 is 1.71 bits per heavy atom. The van der Waals surface area contributed by atoms with Crippen molar-refractivity contribution in [2.75, 3.05) is 5.32 Å². The van der Waals surface area contributed by atoms with E-state index in [4.69, 9.17) is 14.7 Å². The first-order valence-corrected chi connectivity index (χ1v) is 9.60. The number of carbonyl (C=O) groups is 2. The monoisotopic (exact) mass is 429 g/mol. The zero-order chi connectivity index (χ0) is 23.4. The van der Waals surface area contributed by atoms with Crippen molar-refractivity contribution >= 4 is 18.1 Å². The Morgan fingerprint density at radius 3 is 2.23 bits per heavy atom. The Bertz CT molecular complexity index is 979. The van der Waals surface area contributed by atoms with Crippen LogP contribution in [0.15, 0.2) is 18.3 Å². The molecule has 0 radical (unpaired) electrons. The lowest BCUT2D eigenvalue weighted by atomic mass is 10.2. The lowest BCUT2D eigenvalue weighted by molar-refractivity contribution is 0.0504. The number of aromatic nitrogens is 4. The summed E-state index contributed by atoms with van der Waals surface area (Å²) in [5.41, 5.74) is -0.997. The third kappa shape index (κ3) is 7.26. The van der Waals surface area contributed by atoms with E-state index in [1.165, 1.54) is 10.9 Å². The molecule has 0 aliphatic heterocycles. The maximum absolute atomic E-state index is 12.2. The van der Waals surface area contributed by atoms with E-state index in [1.807, 2.05) is 6.07 Å². The van der Waals surface area contributed by atoms with E-state index in [1.54, 1.807) is 60.6 Å². The van der Waals surface area contributed by atoms with Crippen LogP contribution < -0.4 is 10.6 Å². The minimum absolute atomic E-state index is 0.0340. The molecule has 0 aromatic carbocycles. The minimum atomic E-state index is -0.725. The van der Waals surface area contributed by atoms with E-state index >= 15 is 0 Å². The van der Waals surface area contributed by atoms with E-state index in [0.717, 1.165) is 0 Å². The lowest BCUT2D eigenvalue weighted by Crippen LogP contribution is -2.35. The van der Waals surface area contributed by atoms with Crippen LogP contribution in [-0.4, -0.2) is 43.1 Å². The van der Waals surface area contributed by atoms with Gasteiger partial charge in [0.15, 0.2) is 11.6 Å². The molecule has 2 heterocycles. The van der Waals surface area contributed by atoms with Crippen LogP contribution in [0.25, 0.3) is 5.82 Å². The van der Waals surface area contributed by atoms with Crippen molar-refractivity contribution < 1.29 is 19.1 Å². The molecule has 2 aromatic rings. The fraction of sp³-hybridized carbons (Fsp3) is 0.500. The summed E-state index contributed by atoms with van der Waals surface area (Å²) in [6, 6.07) is 4.49. The zero-order valence-electron chi connectivity index (χ0n) is 18.7. The predicted octanol–water partition coefficient (Wildman–Crippen LogP) is 3.47. The molecule has 11 nitrogen and oxygen atoms in total. The number of hydrogen-bond acceptors (Lipinski definition) is 8. The highest BCUT2D eigenvalue weighted by molar-refractivity contribution is 5.82. The highest BCUT2D eigenvalue weighted by atomic mass is 16.6. The van der Waals surface area contributed by atoms with E-state index in [2.05, 4.69) is 25.7 Å². The fourth-order valence-electron chi connectivity index (χ4n) is 2.35. The molecule has 0 aliphatic carbocycles. The van der Waals surface area contributed by atoms with Crippen LogP contribution >= 0.6 is 0 Å². The van der Waals surface area contributed by atoms with Gasteiger partial charge in [0, 0.05) is 6.20 Å². The molecule has 2 amide bonds. The standard InChI is InChI=1S/C20H27N7O4/c1-12(23-17(28)30-19(2,3)4)15-24-16(25-18(29)31-20(5,6)7)26-27(15)14-9-8-13(10-21)11-22-14/h8-9,11-12H,1-7H3,(H,23,28)(H,25,26,29)/t12-/m0/s1. The average molecular weight is 429 g/mol. The molecule has 0 aliphatic rings. The Labute approximate surface area is 180 Å². The van der Waals surface area contributed by atoms with Gasteiger partial charge in [-0.05, 0) is 60.6 Å². The van der Waals surface area contributed by atoms with E-state index < -0.39 is 29.4 Å². The largest absolute Gasteiger partial charge is 0.444 e. The summed E-state index contributed by atoms with van der Waals surface area (Å²) >= 11 is 0. The smallest absolute Gasteiger partial charge is 0.414 e. The number of rotatable bonds is 4. The Hall–Kier alpha value is -3.68. The van der Waals surface area contributed by atoms with Crippen molar-refractivity contribution in [3.8, 4) is 11.9 Å². The first-order chi connectivity index (χ1) is 14.3. The van der Waals surface area contributed by atoms with Gasteiger partial charge in [-0.25, -0.2) is 14.6 Å². The van der Waals surface area contributed by atoms with E-state index in [0.29, 0.717) is 11.4 Å². The SMILES string of the molecule is C[C@H](NC(=O)OC(C)(C)C)c1nc(NC(=O)OC(C)(C)C)nn1-c1ccc(C#N)cn1. The molecule has 2 N–H and O–H groups in total. The van der Waals surface area contributed by atoms with Crippen molar-refractivity contribution in [2.45, 2.75) is 65.7 Å². The third-order valence-corrected chi connectivity index (χ3v) is 3.46. The molecule has 0 bridgehead atoms. The average Bonchev–Trinajstić information content (AvgIpc) is 3.02. The summed E-state index contributed by atoms with van der Waals surface area (Å²) in [7, 11) is 0. The van der Waals surface area contributed by atoms with Crippen LogP contribution in [0.3, 0.4) is 0 Å². The van der Waals surface area contributed by atoms with Gasteiger partial charge < -0.3 is 14.8 Å². The summed E-state index contributed by atoms with van der Waals surface area (Å²) in [5, 5.41) is 18.4. The molecule has 166 valence electrons. The molecule has 0 unspecified atom stereocenters.